The number of carbonyl (C=O) groups excluding carboxylic acids is 2. The molecule has 0 heterocycles. The van der Waals surface area contributed by atoms with E-state index >= 15 is 0 Å². The van der Waals surface area contributed by atoms with Crippen LogP contribution in [0, 0.1) is 5.92 Å². The Hall–Kier alpha value is -0.523. The molecule has 2 atom stereocenters. The highest BCUT2D eigenvalue weighted by Gasteiger charge is 2.44. The predicted molar refractivity (Wildman–Crippen MR) is 90.5 cm³/mol. The van der Waals surface area contributed by atoms with Gasteiger partial charge in [0, 0.05) is 13.0 Å². The molecule has 0 amide bonds. The molecule has 22 heavy (non-hydrogen) atoms. The van der Waals surface area contributed by atoms with Crippen LogP contribution in [0.1, 0.15) is 53.9 Å². The Morgan fingerprint density at radius 3 is 2.18 bits per heavy atom. The minimum absolute atomic E-state index is 0.0444. The standard InChI is InChI=1S/C17H32O4Si/c1-12(2)8-9-20-15-11-16(14(19)10-13(15)18)21-22(6,7)17(3,4)5/h12,15-16H,8-11H2,1-7H3. The zero-order valence-corrected chi connectivity index (χ0v) is 16.2. The molecule has 1 saturated carbocycles. The topological polar surface area (TPSA) is 52.6 Å². The minimum Gasteiger partial charge on any atom is -0.407 e. The Labute approximate surface area is 136 Å². The molecule has 0 radical (unpaired) electrons. The number of rotatable bonds is 6. The molecule has 1 rings (SSSR count). The fourth-order valence-electron chi connectivity index (χ4n) is 2.11. The highest BCUT2D eigenvalue weighted by Crippen LogP contribution is 2.38. The van der Waals surface area contributed by atoms with Crippen molar-refractivity contribution in [3.8, 4) is 0 Å². The number of ketones is 2. The molecule has 0 N–H and O–H groups in total. The summed E-state index contributed by atoms with van der Waals surface area (Å²) in [5.41, 5.74) is 0. The van der Waals surface area contributed by atoms with E-state index in [0.717, 1.165) is 6.42 Å². The minimum atomic E-state index is -2.02. The lowest BCUT2D eigenvalue weighted by Gasteiger charge is -2.40. The van der Waals surface area contributed by atoms with Crippen molar-refractivity contribution in [2.75, 3.05) is 6.61 Å². The van der Waals surface area contributed by atoms with Gasteiger partial charge in [-0.15, -0.1) is 0 Å². The molecular weight excluding hydrogens is 296 g/mol. The number of hydrogen-bond donors (Lipinski definition) is 0. The lowest BCUT2D eigenvalue weighted by molar-refractivity contribution is -0.146. The molecule has 0 bridgehead atoms. The first-order valence-electron chi connectivity index (χ1n) is 8.29. The zero-order valence-electron chi connectivity index (χ0n) is 15.2. The van der Waals surface area contributed by atoms with Crippen LogP contribution in [0.25, 0.3) is 0 Å². The number of Topliss-reactive ketones (excluding diaryl/α,β-unsaturated/α-hetero) is 2. The van der Waals surface area contributed by atoms with E-state index in [2.05, 4.69) is 47.7 Å². The van der Waals surface area contributed by atoms with E-state index in [9.17, 15) is 9.59 Å². The maximum atomic E-state index is 12.2. The maximum Gasteiger partial charge on any atom is 0.193 e. The van der Waals surface area contributed by atoms with E-state index in [-0.39, 0.29) is 23.0 Å². The molecule has 4 nitrogen and oxygen atoms in total. The van der Waals surface area contributed by atoms with Crippen LogP contribution < -0.4 is 0 Å². The van der Waals surface area contributed by atoms with E-state index < -0.39 is 20.5 Å². The van der Waals surface area contributed by atoms with Gasteiger partial charge in [0.25, 0.3) is 0 Å². The normalized spacial score (nSPS) is 24.2. The Kier molecular flexibility index (Phi) is 6.54. The third-order valence-electron chi connectivity index (χ3n) is 4.75. The van der Waals surface area contributed by atoms with Crippen molar-refractivity contribution < 1.29 is 18.8 Å². The van der Waals surface area contributed by atoms with Crippen LogP contribution in [0.3, 0.4) is 0 Å². The second kappa shape index (κ2) is 7.36. The Morgan fingerprint density at radius 2 is 1.68 bits per heavy atom. The van der Waals surface area contributed by atoms with E-state index in [1.807, 2.05) is 0 Å². The van der Waals surface area contributed by atoms with Gasteiger partial charge in [0.05, 0.1) is 6.42 Å². The van der Waals surface area contributed by atoms with E-state index in [1.54, 1.807) is 0 Å². The van der Waals surface area contributed by atoms with Gasteiger partial charge in [0.1, 0.15) is 12.2 Å². The number of ether oxygens (including phenoxy) is 1. The predicted octanol–water partition coefficient (Wildman–Crippen LogP) is 3.74. The second-order valence-electron chi connectivity index (χ2n) is 8.25. The largest absolute Gasteiger partial charge is 0.407 e. The van der Waals surface area contributed by atoms with Crippen LogP contribution in [0.15, 0.2) is 0 Å². The van der Waals surface area contributed by atoms with Crippen molar-refractivity contribution >= 4 is 19.9 Å². The van der Waals surface area contributed by atoms with Gasteiger partial charge in [0.15, 0.2) is 19.9 Å². The SMILES string of the molecule is CC(C)CCOC1CC(O[Si](C)(C)C(C)(C)C)C(=O)CC1=O. The van der Waals surface area contributed by atoms with Crippen molar-refractivity contribution in [1.82, 2.24) is 0 Å². The van der Waals surface area contributed by atoms with Crippen LogP contribution in [-0.2, 0) is 18.8 Å². The molecule has 128 valence electrons. The molecule has 0 aromatic heterocycles. The molecule has 0 spiro atoms. The van der Waals surface area contributed by atoms with Gasteiger partial charge in [0.2, 0.25) is 0 Å². The maximum absolute atomic E-state index is 12.2. The summed E-state index contributed by atoms with van der Waals surface area (Å²) in [5.74, 6) is 0.363. The van der Waals surface area contributed by atoms with Crippen LogP contribution in [0.4, 0.5) is 0 Å². The summed E-state index contributed by atoms with van der Waals surface area (Å²) < 4.78 is 11.9. The first kappa shape index (κ1) is 19.5. The molecule has 1 fully saturated rings. The molecule has 1 aliphatic carbocycles. The van der Waals surface area contributed by atoms with Crippen LogP contribution in [0.5, 0.6) is 0 Å². The summed E-state index contributed by atoms with van der Waals surface area (Å²) in [6, 6.07) is 0. The van der Waals surface area contributed by atoms with Crippen molar-refractivity contribution in [3.05, 3.63) is 0 Å². The van der Waals surface area contributed by atoms with Crippen LogP contribution in [-0.4, -0.2) is 38.7 Å². The van der Waals surface area contributed by atoms with Gasteiger partial charge in [-0.2, -0.15) is 0 Å². The summed E-state index contributed by atoms with van der Waals surface area (Å²) in [6.07, 6.45) is 0.285. The Morgan fingerprint density at radius 1 is 1.14 bits per heavy atom. The van der Waals surface area contributed by atoms with Gasteiger partial charge >= 0.3 is 0 Å². The van der Waals surface area contributed by atoms with Crippen LogP contribution in [0.2, 0.25) is 18.1 Å². The van der Waals surface area contributed by atoms with Crippen molar-refractivity contribution in [2.24, 2.45) is 5.92 Å². The van der Waals surface area contributed by atoms with E-state index in [1.165, 1.54) is 0 Å². The summed E-state index contributed by atoms with van der Waals surface area (Å²) >= 11 is 0. The third kappa shape index (κ3) is 5.28. The van der Waals surface area contributed by atoms with Gasteiger partial charge in [-0.3, -0.25) is 9.59 Å². The lowest BCUT2D eigenvalue weighted by Crippen LogP contribution is -2.50. The van der Waals surface area contributed by atoms with Crippen molar-refractivity contribution in [2.45, 2.75) is 84.2 Å². The number of carbonyl (C=O) groups is 2. The fraction of sp³-hybridized carbons (Fsp3) is 0.882. The third-order valence-corrected chi connectivity index (χ3v) is 9.24. The Balaban J connectivity index is 2.68. The highest BCUT2D eigenvalue weighted by atomic mass is 28.4. The average Bonchev–Trinajstić information content (AvgIpc) is 2.32. The monoisotopic (exact) mass is 328 g/mol. The first-order valence-corrected chi connectivity index (χ1v) is 11.2. The highest BCUT2D eigenvalue weighted by molar-refractivity contribution is 6.74. The Bertz CT molecular complexity index is 409. The van der Waals surface area contributed by atoms with Gasteiger partial charge in [-0.1, -0.05) is 34.6 Å². The molecule has 5 heteroatoms. The lowest BCUT2D eigenvalue weighted by atomic mass is 9.92. The summed E-state index contributed by atoms with van der Waals surface area (Å²) in [7, 11) is -2.02. The fourth-order valence-corrected chi connectivity index (χ4v) is 3.40. The van der Waals surface area contributed by atoms with E-state index in [4.69, 9.17) is 9.16 Å². The van der Waals surface area contributed by atoms with Gasteiger partial charge < -0.3 is 9.16 Å². The van der Waals surface area contributed by atoms with Crippen molar-refractivity contribution in [3.63, 3.8) is 0 Å². The summed E-state index contributed by atoms with van der Waals surface area (Å²) in [5, 5.41) is 0.0444. The van der Waals surface area contributed by atoms with Crippen LogP contribution >= 0.6 is 0 Å². The molecule has 0 aromatic carbocycles. The van der Waals surface area contributed by atoms with Crippen molar-refractivity contribution in [1.29, 1.82) is 0 Å². The molecule has 1 aliphatic rings. The summed E-state index contributed by atoms with van der Waals surface area (Å²) in [6.45, 7) is 15.5. The summed E-state index contributed by atoms with van der Waals surface area (Å²) in [4.78, 5) is 24.2. The molecule has 2 unspecified atom stereocenters. The molecule has 0 aliphatic heterocycles. The molecule has 0 aromatic rings. The smallest absolute Gasteiger partial charge is 0.193 e. The van der Waals surface area contributed by atoms with Gasteiger partial charge in [-0.05, 0) is 30.5 Å². The number of hydrogen-bond acceptors (Lipinski definition) is 4. The second-order valence-corrected chi connectivity index (χ2v) is 13.0. The molecule has 0 saturated heterocycles. The average molecular weight is 329 g/mol. The zero-order chi connectivity index (χ0) is 17.1. The first-order chi connectivity index (χ1) is 9.94. The molecular formula is C17H32O4Si. The quantitative estimate of drug-likeness (QED) is 0.550. The van der Waals surface area contributed by atoms with Gasteiger partial charge in [-0.25, -0.2) is 0 Å². The van der Waals surface area contributed by atoms with E-state index in [0.29, 0.717) is 18.9 Å².